The predicted octanol–water partition coefficient (Wildman–Crippen LogP) is 1.88. The van der Waals surface area contributed by atoms with Gasteiger partial charge in [0.25, 0.3) is 0 Å². The van der Waals surface area contributed by atoms with Gasteiger partial charge in [0, 0.05) is 18.1 Å². The zero-order valence-electron chi connectivity index (χ0n) is 11.4. The van der Waals surface area contributed by atoms with Gasteiger partial charge in [0.2, 0.25) is 5.91 Å². The van der Waals surface area contributed by atoms with Gasteiger partial charge in [0.1, 0.15) is 0 Å². The van der Waals surface area contributed by atoms with Crippen LogP contribution in [0.25, 0.3) is 0 Å². The third-order valence-corrected chi connectivity index (χ3v) is 3.69. The number of hydrogen-bond donors (Lipinski definition) is 1. The Hall–Kier alpha value is -1.35. The molecule has 0 spiro atoms. The highest BCUT2D eigenvalue weighted by molar-refractivity contribution is 5.80. The van der Waals surface area contributed by atoms with Gasteiger partial charge in [-0.15, -0.1) is 0 Å². The zero-order valence-corrected chi connectivity index (χ0v) is 11.4. The average Bonchev–Trinajstić information content (AvgIpc) is 2.55. The Morgan fingerprint density at radius 3 is 2.50 bits per heavy atom. The Balaban J connectivity index is 2.06. The van der Waals surface area contributed by atoms with Crippen LogP contribution in [-0.2, 0) is 11.2 Å². The van der Waals surface area contributed by atoms with E-state index in [1.165, 1.54) is 5.56 Å². The molecule has 1 saturated heterocycles. The summed E-state index contributed by atoms with van der Waals surface area (Å²) in [6, 6.07) is 8.25. The van der Waals surface area contributed by atoms with Crippen LogP contribution in [0.2, 0.25) is 0 Å². The predicted molar refractivity (Wildman–Crippen MR) is 73.3 cm³/mol. The molecule has 1 heterocycles. The highest BCUT2D eigenvalue weighted by Gasteiger charge is 2.39. The van der Waals surface area contributed by atoms with Gasteiger partial charge >= 0.3 is 0 Å². The molecular weight excluding hydrogens is 224 g/mol. The van der Waals surface area contributed by atoms with Gasteiger partial charge in [-0.1, -0.05) is 29.8 Å². The topological polar surface area (TPSA) is 46.3 Å². The standard InChI is InChI=1S/C15H22N2O/c1-11-4-6-12(7-5-11)8-14(18)17-10-13(16)9-15(17,2)3/h4-7,13H,8-10,16H2,1-3H3. The maximum atomic E-state index is 12.3. The van der Waals surface area contributed by atoms with Crippen molar-refractivity contribution in [2.24, 2.45) is 5.73 Å². The molecule has 1 unspecified atom stereocenters. The van der Waals surface area contributed by atoms with Gasteiger partial charge in [-0.2, -0.15) is 0 Å². The van der Waals surface area contributed by atoms with Crippen LogP contribution in [-0.4, -0.2) is 28.9 Å². The fraction of sp³-hybridized carbons (Fsp3) is 0.533. The summed E-state index contributed by atoms with van der Waals surface area (Å²) in [4.78, 5) is 14.3. The van der Waals surface area contributed by atoms with Crippen molar-refractivity contribution in [3.63, 3.8) is 0 Å². The average molecular weight is 246 g/mol. The first-order valence-electron chi connectivity index (χ1n) is 6.50. The molecule has 2 N–H and O–H groups in total. The molecule has 0 bridgehead atoms. The second kappa shape index (κ2) is 4.73. The van der Waals surface area contributed by atoms with Crippen molar-refractivity contribution >= 4 is 5.91 Å². The minimum absolute atomic E-state index is 0.110. The van der Waals surface area contributed by atoms with E-state index in [0.717, 1.165) is 12.0 Å². The van der Waals surface area contributed by atoms with Gasteiger partial charge in [-0.3, -0.25) is 4.79 Å². The summed E-state index contributed by atoms with van der Waals surface area (Å²) in [5, 5.41) is 0. The molecule has 0 aliphatic carbocycles. The maximum Gasteiger partial charge on any atom is 0.227 e. The molecular formula is C15H22N2O. The van der Waals surface area contributed by atoms with E-state index in [9.17, 15) is 4.79 Å². The van der Waals surface area contributed by atoms with Crippen molar-refractivity contribution in [1.29, 1.82) is 0 Å². The van der Waals surface area contributed by atoms with Gasteiger partial charge in [-0.05, 0) is 32.8 Å². The number of aryl methyl sites for hydroxylation is 1. The van der Waals surface area contributed by atoms with E-state index >= 15 is 0 Å². The molecule has 1 aromatic rings. The molecule has 0 saturated carbocycles. The van der Waals surface area contributed by atoms with Crippen LogP contribution >= 0.6 is 0 Å². The lowest BCUT2D eigenvalue weighted by Gasteiger charge is -2.31. The number of rotatable bonds is 2. The molecule has 1 aliphatic heterocycles. The third kappa shape index (κ3) is 2.72. The number of likely N-dealkylation sites (tertiary alicyclic amines) is 1. The fourth-order valence-corrected chi connectivity index (χ4v) is 2.71. The van der Waals surface area contributed by atoms with Crippen LogP contribution in [0.4, 0.5) is 0 Å². The van der Waals surface area contributed by atoms with Crippen LogP contribution in [0.5, 0.6) is 0 Å². The lowest BCUT2D eigenvalue weighted by molar-refractivity contribution is -0.133. The van der Waals surface area contributed by atoms with E-state index in [1.54, 1.807) is 0 Å². The highest BCUT2D eigenvalue weighted by Crippen LogP contribution is 2.28. The van der Waals surface area contributed by atoms with Crippen LogP contribution in [0.15, 0.2) is 24.3 Å². The summed E-state index contributed by atoms with van der Waals surface area (Å²) in [5.41, 5.74) is 8.14. The molecule has 1 fully saturated rings. The molecule has 0 aromatic heterocycles. The minimum Gasteiger partial charge on any atom is -0.336 e. The second-order valence-corrected chi connectivity index (χ2v) is 5.94. The number of amides is 1. The Morgan fingerprint density at radius 2 is 2.00 bits per heavy atom. The second-order valence-electron chi connectivity index (χ2n) is 5.94. The molecule has 1 atom stereocenters. The first-order valence-corrected chi connectivity index (χ1v) is 6.50. The first kappa shape index (κ1) is 13.1. The van der Waals surface area contributed by atoms with E-state index in [2.05, 4.69) is 13.8 Å². The van der Waals surface area contributed by atoms with Crippen molar-refractivity contribution in [1.82, 2.24) is 4.90 Å². The Morgan fingerprint density at radius 1 is 1.39 bits per heavy atom. The molecule has 1 aromatic carbocycles. The Labute approximate surface area is 109 Å². The van der Waals surface area contributed by atoms with Crippen molar-refractivity contribution in [2.45, 2.75) is 45.2 Å². The monoisotopic (exact) mass is 246 g/mol. The number of benzene rings is 1. The van der Waals surface area contributed by atoms with Crippen LogP contribution < -0.4 is 5.73 Å². The molecule has 3 nitrogen and oxygen atoms in total. The summed E-state index contributed by atoms with van der Waals surface area (Å²) in [6.07, 6.45) is 1.35. The summed E-state index contributed by atoms with van der Waals surface area (Å²) in [7, 11) is 0. The van der Waals surface area contributed by atoms with Crippen molar-refractivity contribution in [2.75, 3.05) is 6.54 Å². The third-order valence-electron chi connectivity index (χ3n) is 3.69. The van der Waals surface area contributed by atoms with Gasteiger partial charge in [-0.25, -0.2) is 0 Å². The lowest BCUT2D eigenvalue weighted by Crippen LogP contribution is -2.43. The number of nitrogens with zero attached hydrogens (tertiary/aromatic N) is 1. The van der Waals surface area contributed by atoms with Crippen LogP contribution in [0, 0.1) is 6.92 Å². The van der Waals surface area contributed by atoms with Gasteiger partial charge < -0.3 is 10.6 Å². The summed E-state index contributed by atoms with van der Waals surface area (Å²) < 4.78 is 0. The first-order chi connectivity index (χ1) is 8.38. The molecule has 2 rings (SSSR count). The fourth-order valence-electron chi connectivity index (χ4n) is 2.71. The highest BCUT2D eigenvalue weighted by atomic mass is 16.2. The van der Waals surface area contributed by atoms with Gasteiger partial charge in [0.15, 0.2) is 0 Å². The van der Waals surface area contributed by atoms with Gasteiger partial charge in [0.05, 0.1) is 6.42 Å². The molecule has 1 aliphatic rings. The summed E-state index contributed by atoms with van der Waals surface area (Å²) in [5.74, 6) is 0.178. The normalized spacial score (nSPS) is 22.2. The van der Waals surface area contributed by atoms with E-state index in [1.807, 2.05) is 36.1 Å². The quantitative estimate of drug-likeness (QED) is 0.866. The summed E-state index contributed by atoms with van der Waals surface area (Å²) >= 11 is 0. The van der Waals surface area contributed by atoms with Crippen molar-refractivity contribution < 1.29 is 4.79 Å². The van der Waals surface area contributed by atoms with Crippen molar-refractivity contribution in [3.8, 4) is 0 Å². The van der Waals surface area contributed by atoms with Crippen LogP contribution in [0.1, 0.15) is 31.4 Å². The molecule has 1 amide bonds. The molecule has 18 heavy (non-hydrogen) atoms. The smallest absolute Gasteiger partial charge is 0.227 e. The number of carbonyl (C=O) groups excluding carboxylic acids is 1. The number of nitrogens with two attached hydrogens (primary N) is 1. The Bertz CT molecular complexity index is 436. The lowest BCUT2D eigenvalue weighted by atomic mass is 10.00. The minimum atomic E-state index is -0.110. The molecule has 3 heteroatoms. The van der Waals surface area contributed by atoms with Crippen LogP contribution in [0.3, 0.4) is 0 Å². The summed E-state index contributed by atoms with van der Waals surface area (Å²) in [6.45, 7) is 6.91. The number of hydrogen-bond acceptors (Lipinski definition) is 2. The molecule has 98 valence electrons. The number of carbonyl (C=O) groups is 1. The van der Waals surface area contributed by atoms with E-state index in [4.69, 9.17) is 5.73 Å². The van der Waals surface area contributed by atoms with E-state index < -0.39 is 0 Å². The zero-order chi connectivity index (χ0) is 13.3. The van der Waals surface area contributed by atoms with E-state index in [0.29, 0.717) is 13.0 Å². The maximum absolute atomic E-state index is 12.3. The van der Waals surface area contributed by atoms with Crippen molar-refractivity contribution in [3.05, 3.63) is 35.4 Å². The Kier molecular flexibility index (Phi) is 3.44. The SMILES string of the molecule is Cc1ccc(CC(=O)N2CC(N)CC2(C)C)cc1. The largest absolute Gasteiger partial charge is 0.336 e. The molecule has 0 radical (unpaired) electrons. The van der Waals surface area contributed by atoms with E-state index in [-0.39, 0.29) is 17.5 Å².